The lowest BCUT2D eigenvalue weighted by atomic mass is 9.92. The van der Waals surface area contributed by atoms with Crippen LogP contribution in [0.5, 0.6) is 0 Å². The van der Waals surface area contributed by atoms with E-state index >= 15 is 0 Å². The maximum atomic E-state index is 12.6. The van der Waals surface area contributed by atoms with Crippen molar-refractivity contribution >= 4 is 17.8 Å². The first-order valence-electron chi connectivity index (χ1n) is 8.98. The number of alkyl carbamates (subject to hydrolysis) is 1. The zero-order chi connectivity index (χ0) is 18.9. The fourth-order valence-electron chi connectivity index (χ4n) is 3.33. The molecule has 0 unspecified atom stereocenters. The number of piperidine rings is 1. The SMILES string of the molecule is CCn1nnc(-c2cccc(NC(=O)N3CCC4(CC3)CNC(=O)O4)c2)n1. The van der Waals surface area contributed by atoms with Crippen LogP contribution in [0.15, 0.2) is 24.3 Å². The van der Waals surface area contributed by atoms with Crippen LogP contribution in [0.4, 0.5) is 15.3 Å². The molecule has 2 fully saturated rings. The van der Waals surface area contributed by atoms with E-state index in [1.54, 1.807) is 4.90 Å². The molecular formula is C17H21N7O3. The zero-order valence-corrected chi connectivity index (χ0v) is 15.0. The Kier molecular flexibility index (Phi) is 4.38. The van der Waals surface area contributed by atoms with E-state index in [1.807, 2.05) is 31.2 Å². The average molecular weight is 371 g/mol. The van der Waals surface area contributed by atoms with Crippen LogP contribution in [0.2, 0.25) is 0 Å². The van der Waals surface area contributed by atoms with E-state index in [2.05, 4.69) is 26.0 Å². The van der Waals surface area contributed by atoms with Gasteiger partial charge < -0.3 is 20.3 Å². The predicted molar refractivity (Wildman–Crippen MR) is 96.0 cm³/mol. The molecule has 2 aliphatic heterocycles. The molecule has 0 radical (unpaired) electrons. The maximum Gasteiger partial charge on any atom is 0.407 e. The van der Waals surface area contributed by atoms with Crippen LogP contribution in [0.3, 0.4) is 0 Å². The van der Waals surface area contributed by atoms with Crippen molar-refractivity contribution < 1.29 is 14.3 Å². The molecule has 2 saturated heterocycles. The number of anilines is 1. The number of amides is 3. The summed E-state index contributed by atoms with van der Waals surface area (Å²) in [5.41, 5.74) is 0.985. The van der Waals surface area contributed by atoms with Crippen LogP contribution in [0, 0.1) is 0 Å². The number of urea groups is 1. The number of benzene rings is 1. The van der Waals surface area contributed by atoms with E-state index in [0.29, 0.717) is 50.5 Å². The molecule has 0 saturated carbocycles. The van der Waals surface area contributed by atoms with Crippen LogP contribution in [-0.4, -0.2) is 62.5 Å². The summed E-state index contributed by atoms with van der Waals surface area (Å²) in [7, 11) is 0. The number of nitrogens with one attached hydrogen (secondary N) is 2. The Morgan fingerprint density at radius 3 is 2.85 bits per heavy atom. The van der Waals surface area contributed by atoms with E-state index in [0.717, 1.165) is 5.56 Å². The summed E-state index contributed by atoms with van der Waals surface area (Å²) in [6.07, 6.45) is 0.880. The summed E-state index contributed by atoms with van der Waals surface area (Å²) in [5, 5.41) is 17.9. The van der Waals surface area contributed by atoms with E-state index in [9.17, 15) is 9.59 Å². The number of hydrogen-bond acceptors (Lipinski definition) is 6. The quantitative estimate of drug-likeness (QED) is 0.844. The minimum atomic E-state index is -0.468. The summed E-state index contributed by atoms with van der Waals surface area (Å²) in [6.45, 7) is 4.16. The second-order valence-corrected chi connectivity index (χ2v) is 6.73. The highest BCUT2D eigenvalue weighted by Crippen LogP contribution is 2.29. The number of aryl methyl sites for hydroxylation is 1. The lowest BCUT2D eigenvalue weighted by Gasteiger charge is -2.37. The van der Waals surface area contributed by atoms with Crippen LogP contribution in [0.25, 0.3) is 11.4 Å². The fraction of sp³-hybridized carbons (Fsp3) is 0.471. The Labute approximate surface area is 155 Å². The van der Waals surface area contributed by atoms with Crippen molar-refractivity contribution in [2.24, 2.45) is 0 Å². The Morgan fingerprint density at radius 2 is 2.19 bits per heavy atom. The van der Waals surface area contributed by atoms with Gasteiger partial charge in [-0.15, -0.1) is 10.2 Å². The van der Waals surface area contributed by atoms with Crippen LogP contribution >= 0.6 is 0 Å². The van der Waals surface area contributed by atoms with Crippen molar-refractivity contribution in [3.8, 4) is 11.4 Å². The molecule has 3 amide bonds. The molecule has 10 nitrogen and oxygen atoms in total. The van der Waals surface area contributed by atoms with Gasteiger partial charge >= 0.3 is 12.1 Å². The third-order valence-corrected chi connectivity index (χ3v) is 4.93. The number of likely N-dealkylation sites (tertiary alicyclic amines) is 1. The topological polar surface area (TPSA) is 114 Å². The molecule has 142 valence electrons. The number of aromatic nitrogens is 4. The van der Waals surface area contributed by atoms with Gasteiger partial charge in [0, 0.05) is 37.2 Å². The number of rotatable bonds is 3. The van der Waals surface area contributed by atoms with E-state index in [-0.39, 0.29) is 12.1 Å². The molecule has 2 aromatic rings. The second kappa shape index (κ2) is 6.86. The Morgan fingerprint density at radius 1 is 1.37 bits per heavy atom. The third kappa shape index (κ3) is 3.55. The first kappa shape index (κ1) is 17.3. The molecule has 10 heteroatoms. The fourth-order valence-corrected chi connectivity index (χ4v) is 3.33. The highest BCUT2D eigenvalue weighted by Gasteiger charge is 2.43. The first-order chi connectivity index (χ1) is 13.1. The van der Waals surface area contributed by atoms with E-state index < -0.39 is 5.60 Å². The third-order valence-electron chi connectivity index (χ3n) is 4.93. The highest BCUT2D eigenvalue weighted by atomic mass is 16.6. The number of nitrogens with zero attached hydrogens (tertiary/aromatic N) is 5. The summed E-state index contributed by atoms with van der Waals surface area (Å²) in [6, 6.07) is 7.18. The lowest BCUT2D eigenvalue weighted by molar-refractivity contribution is 0.0110. The molecule has 2 N–H and O–H groups in total. The Hall–Kier alpha value is -3.17. The van der Waals surface area contributed by atoms with Gasteiger partial charge in [-0.05, 0) is 24.3 Å². The van der Waals surface area contributed by atoms with Crippen molar-refractivity contribution in [2.45, 2.75) is 31.9 Å². The Bertz CT molecular complexity index is 858. The average Bonchev–Trinajstić information content (AvgIpc) is 3.30. The number of hydrogen-bond donors (Lipinski definition) is 2. The smallest absolute Gasteiger partial charge is 0.407 e. The molecule has 1 aromatic heterocycles. The molecule has 27 heavy (non-hydrogen) atoms. The van der Waals surface area contributed by atoms with Crippen molar-refractivity contribution in [1.29, 1.82) is 0 Å². The minimum absolute atomic E-state index is 0.176. The van der Waals surface area contributed by atoms with Gasteiger partial charge in [-0.3, -0.25) is 0 Å². The first-order valence-corrected chi connectivity index (χ1v) is 8.98. The zero-order valence-electron chi connectivity index (χ0n) is 15.0. The molecule has 4 rings (SSSR count). The monoisotopic (exact) mass is 371 g/mol. The van der Waals surface area contributed by atoms with Gasteiger partial charge in [0.2, 0.25) is 5.82 Å². The van der Waals surface area contributed by atoms with E-state index in [4.69, 9.17) is 4.74 Å². The van der Waals surface area contributed by atoms with Crippen molar-refractivity contribution in [2.75, 3.05) is 25.0 Å². The molecular weight excluding hydrogens is 350 g/mol. The minimum Gasteiger partial charge on any atom is -0.441 e. The summed E-state index contributed by atoms with van der Waals surface area (Å²) in [4.78, 5) is 27.1. The number of ether oxygens (including phenoxy) is 1. The molecule has 1 spiro atoms. The van der Waals surface area contributed by atoms with Gasteiger partial charge in [0.1, 0.15) is 5.60 Å². The second-order valence-electron chi connectivity index (χ2n) is 6.73. The van der Waals surface area contributed by atoms with Gasteiger partial charge in [0.25, 0.3) is 0 Å². The van der Waals surface area contributed by atoms with Gasteiger partial charge in [0.05, 0.1) is 13.1 Å². The molecule has 3 heterocycles. The molecule has 0 aliphatic carbocycles. The largest absolute Gasteiger partial charge is 0.441 e. The van der Waals surface area contributed by atoms with Crippen LogP contribution in [-0.2, 0) is 11.3 Å². The Balaban J connectivity index is 1.39. The van der Waals surface area contributed by atoms with Crippen molar-refractivity contribution in [3.05, 3.63) is 24.3 Å². The predicted octanol–water partition coefficient (Wildman–Crippen LogP) is 1.47. The van der Waals surface area contributed by atoms with E-state index in [1.165, 1.54) is 4.80 Å². The lowest BCUT2D eigenvalue weighted by Crippen LogP contribution is -2.49. The van der Waals surface area contributed by atoms with Crippen LogP contribution < -0.4 is 10.6 Å². The number of carbonyl (C=O) groups is 2. The van der Waals surface area contributed by atoms with Crippen molar-refractivity contribution in [3.63, 3.8) is 0 Å². The normalized spacial score (nSPS) is 18.3. The number of carbonyl (C=O) groups excluding carboxylic acids is 2. The maximum absolute atomic E-state index is 12.6. The molecule has 0 atom stereocenters. The standard InChI is InChI=1S/C17H21N7O3/c1-2-24-21-14(20-22-24)12-4-3-5-13(10-12)19-15(25)23-8-6-17(7-9-23)11-18-16(26)27-17/h3-5,10H,2,6-9,11H2,1H3,(H,18,26)(H,19,25). The van der Waals surface area contributed by atoms with Gasteiger partial charge in [-0.2, -0.15) is 4.80 Å². The molecule has 1 aromatic carbocycles. The number of tetrazole rings is 1. The van der Waals surface area contributed by atoms with Crippen LogP contribution in [0.1, 0.15) is 19.8 Å². The highest BCUT2D eigenvalue weighted by molar-refractivity contribution is 5.90. The van der Waals surface area contributed by atoms with Gasteiger partial charge in [-0.1, -0.05) is 12.1 Å². The summed E-state index contributed by atoms with van der Waals surface area (Å²) in [5.74, 6) is 0.517. The molecule has 0 bridgehead atoms. The summed E-state index contributed by atoms with van der Waals surface area (Å²) < 4.78 is 5.38. The van der Waals surface area contributed by atoms with Gasteiger partial charge in [-0.25, -0.2) is 9.59 Å². The molecule has 2 aliphatic rings. The van der Waals surface area contributed by atoms with Crippen molar-refractivity contribution in [1.82, 2.24) is 30.4 Å². The van der Waals surface area contributed by atoms with Gasteiger partial charge in [0.15, 0.2) is 0 Å². The summed E-state index contributed by atoms with van der Waals surface area (Å²) >= 11 is 0.